The minimum atomic E-state index is -0.177. The van der Waals surface area contributed by atoms with Gasteiger partial charge in [0.1, 0.15) is 0 Å². The highest BCUT2D eigenvalue weighted by Gasteiger charge is 2.33. The molecule has 5 nitrogen and oxygen atoms in total. The van der Waals surface area contributed by atoms with Crippen molar-refractivity contribution in [3.63, 3.8) is 0 Å². The number of hydrogen-bond acceptors (Lipinski definition) is 3. The highest BCUT2D eigenvalue weighted by Crippen LogP contribution is 2.34. The first kappa shape index (κ1) is 20.0. The fraction of sp³-hybridized carbons (Fsp3) is 0.938. The van der Waals surface area contributed by atoms with Crippen LogP contribution in [0.1, 0.15) is 39.5 Å². The zero-order valence-electron chi connectivity index (χ0n) is 14.5. The summed E-state index contributed by atoms with van der Waals surface area (Å²) < 4.78 is 5.41. The molecule has 0 saturated heterocycles. The lowest BCUT2D eigenvalue weighted by atomic mass is 10.1. The lowest BCUT2D eigenvalue weighted by Crippen LogP contribution is -2.47. The number of aliphatic imine (C=N–C) groups is 1. The summed E-state index contributed by atoms with van der Waals surface area (Å²) in [5.41, 5.74) is -0.177. The Morgan fingerprint density at radius 2 is 1.91 bits per heavy atom. The molecule has 0 aromatic rings. The molecule has 0 spiro atoms. The quantitative estimate of drug-likeness (QED) is 0.338. The Balaban J connectivity index is 0.00000242. The van der Waals surface area contributed by atoms with Gasteiger partial charge in [0.2, 0.25) is 0 Å². The molecule has 6 heteroatoms. The zero-order valence-corrected chi connectivity index (χ0v) is 16.9. The van der Waals surface area contributed by atoms with E-state index >= 15 is 0 Å². The summed E-state index contributed by atoms with van der Waals surface area (Å²) in [6, 6.07) is 0.856. The Morgan fingerprint density at radius 3 is 2.41 bits per heavy atom. The van der Waals surface area contributed by atoms with Gasteiger partial charge in [-0.3, -0.25) is 9.89 Å². The predicted molar refractivity (Wildman–Crippen MR) is 103 cm³/mol. The molecule has 22 heavy (non-hydrogen) atoms. The summed E-state index contributed by atoms with van der Waals surface area (Å²) in [6.45, 7) is 8.26. The first-order valence-electron chi connectivity index (χ1n) is 8.28. The minimum absolute atomic E-state index is 0. The first-order valence-corrected chi connectivity index (χ1v) is 8.28. The van der Waals surface area contributed by atoms with E-state index in [4.69, 9.17) is 4.74 Å². The molecule has 0 unspecified atom stereocenters. The Labute approximate surface area is 152 Å². The van der Waals surface area contributed by atoms with E-state index in [1.807, 2.05) is 7.05 Å². The molecular weight excluding hydrogens is 391 g/mol. The molecule has 0 atom stereocenters. The summed E-state index contributed by atoms with van der Waals surface area (Å²) in [5.74, 6) is 1.84. The van der Waals surface area contributed by atoms with Crippen LogP contribution in [-0.2, 0) is 4.74 Å². The fourth-order valence-electron chi connectivity index (χ4n) is 2.40. The molecule has 2 aliphatic carbocycles. The van der Waals surface area contributed by atoms with Crippen molar-refractivity contribution in [2.45, 2.75) is 51.2 Å². The normalized spacial score (nSPS) is 19.0. The largest absolute Gasteiger partial charge is 0.377 e. The van der Waals surface area contributed by atoms with Crippen LogP contribution in [0.5, 0.6) is 0 Å². The molecule has 130 valence electrons. The zero-order chi connectivity index (χ0) is 15.3. The smallest absolute Gasteiger partial charge is 0.191 e. The Morgan fingerprint density at radius 1 is 1.23 bits per heavy atom. The van der Waals surface area contributed by atoms with Gasteiger partial charge in [-0.1, -0.05) is 0 Å². The van der Waals surface area contributed by atoms with Crippen molar-refractivity contribution >= 4 is 29.9 Å². The van der Waals surface area contributed by atoms with Gasteiger partial charge in [-0.25, -0.2) is 0 Å². The van der Waals surface area contributed by atoms with Gasteiger partial charge in [0.15, 0.2) is 5.96 Å². The van der Waals surface area contributed by atoms with Gasteiger partial charge in [-0.2, -0.15) is 0 Å². The second kappa shape index (κ2) is 9.27. The van der Waals surface area contributed by atoms with Gasteiger partial charge in [0, 0.05) is 46.4 Å². The molecule has 2 aliphatic rings. The molecule has 0 amide bonds. The second-order valence-electron chi connectivity index (χ2n) is 6.99. The van der Waals surface area contributed by atoms with E-state index in [9.17, 15) is 0 Å². The average Bonchev–Trinajstić information content (AvgIpc) is 3.34. The van der Waals surface area contributed by atoms with Crippen LogP contribution >= 0.6 is 24.0 Å². The Hall–Kier alpha value is -0.0800. The molecule has 0 aliphatic heterocycles. The number of rotatable bonds is 9. The van der Waals surface area contributed by atoms with Crippen LogP contribution in [0, 0.1) is 5.92 Å². The van der Waals surface area contributed by atoms with E-state index < -0.39 is 0 Å². The van der Waals surface area contributed by atoms with E-state index in [0.29, 0.717) is 0 Å². The molecule has 0 aromatic heterocycles. The fourth-order valence-corrected chi connectivity index (χ4v) is 2.40. The minimum Gasteiger partial charge on any atom is -0.377 e. The molecule has 2 saturated carbocycles. The third kappa shape index (κ3) is 7.46. The van der Waals surface area contributed by atoms with E-state index in [2.05, 4.69) is 34.4 Å². The number of methoxy groups -OCH3 is 1. The monoisotopic (exact) mass is 424 g/mol. The molecule has 2 N–H and O–H groups in total. The van der Waals surface area contributed by atoms with Crippen LogP contribution in [0.4, 0.5) is 0 Å². The molecule has 0 radical (unpaired) electrons. The van der Waals surface area contributed by atoms with Gasteiger partial charge in [-0.15, -0.1) is 24.0 Å². The van der Waals surface area contributed by atoms with Gasteiger partial charge in [0.25, 0.3) is 0 Å². The van der Waals surface area contributed by atoms with Gasteiger partial charge in [0.05, 0.1) is 5.60 Å². The van der Waals surface area contributed by atoms with Crippen molar-refractivity contribution < 1.29 is 4.74 Å². The van der Waals surface area contributed by atoms with E-state index in [1.54, 1.807) is 7.11 Å². The number of guanidine groups is 1. The van der Waals surface area contributed by atoms with Gasteiger partial charge in [-0.05, 0) is 45.4 Å². The van der Waals surface area contributed by atoms with Crippen molar-refractivity contribution in [3.8, 4) is 0 Å². The van der Waals surface area contributed by atoms with E-state index in [-0.39, 0.29) is 29.6 Å². The number of halogens is 1. The Kier molecular flexibility index (Phi) is 8.42. The molecule has 0 bridgehead atoms. The topological polar surface area (TPSA) is 48.9 Å². The number of ether oxygens (including phenoxy) is 1. The SMILES string of the molecule is CN=C(NCCN(CC1CC1)C1CC1)NCC(C)(C)OC.I. The van der Waals surface area contributed by atoms with Crippen LogP contribution in [0.15, 0.2) is 4.99 Å². The third-order valence-electron chi connectivity index (χ3n) is 4.40. The lowest BCUT2D eigenvalue weighted by Gasteiger charge is -2.25. The van der Waals surface area contributed by atoms with Crippen LogP contribution < -0.4 is 10.6 Å². The van der Waals surface area contributed by atoms with Crippen molar-refractivity contribution in [1.82, 2.24) is 15.5 Å². The molecular formula is C16H33IN4O. The van der Waals surface area contributed by atoms with Crippen molar-refractivity contribution in [2.75, 3.05) is 40.3 Å². The van der Waals surface area contributed by atoms with E-state index in [1.165, 1.54) is 32.2 Å². The predicted octanol–water partition coefficient (Wildman–Crippen LogP) is 2.07. The number of nitrogens with zero attached hydrogens (tertiary/aromatic N) is 2. The first-order chi connectivity index (χ1) is 10.0. The molecule has 2 rings (SSSR count). The van der Waals surface area contributed by atoms with Crippen LogP contribution in [0.25, 0.3) is 0 Å². The van der Waals surface area contributed by atoms with Crippen molar-refractivity contribution in [3.05, 3.63) is 0 Å². The van der Waals surface area contributed by atoms with Crippen LogP contribution in [0.2, 0.25) is 0 Å². The lowest BCUT2D eigenvalue weighted by molar-refractivity contribution is 0.0268. The van der Waals surface area contributed by atoms with Crippen molar-refractivity contribution in [2.24, 2.45) is 10.9 Å². The van der Waals surface area contributed by atoms with Gasteiger partial charge < -0.3 is 15.4 Å². The maximum absolute atomic E-state index is 5.41. The number of hydrogen-bond donors (Lipinski definition) is 2. The average molecular weight is 424 g/mol. The molecule has 0 heterocycles. The van der Waals surface area contributed by atoms with E-state index in [0.717, 1.165) is 37.6 Å². The standard InChI is InChI=1S/C16H32N4O.HI/c1-16(2,21-4)12-19-15(17-3)18-9-10-20(14-7-8-14)11-13-5-6-13;/h13-14H,5-12H2,1-4H3,(H2,17,18,19);1H. The van der Waals surface area contributed by atoms with Crippen LogP contribution in [-0.4, -0.2) is 62.8 Å². The summed E-state index contributed by atoms with van der Waals surface area (Å²) >= 11 is 0. The summed E-state index contributed by atoms with van der Waals surface area (Å²) in [4.78, 5) is 6.94. The highest BCUT2D eigenvalue weighted by atomic mass is 127. The maximum Gasteiger partial charge on any atom is 0.191 e. The van der Waals surface area contributed by atoms with Crippen LogP contribution in [0.3, 0.4) is 0 Å². The third-order valence-corrected chi connectivity index (χ3v) is 4.40. The maximum atomic E-state index is 5.41. The highest BCUT2D eigenvalue weighted by molar-refractivity contribution is 14.0. The summed E-state index contributed by atoms with van der Waals surface area (Å²) in [5, 5.41) is 6.74. The number of nitrogens with one attached hydrogen (secondary N) is 2. The summed E-state index contributed by atoms with van der Waals surface area (Å²) in [7, 11) is 3.56. The van der Waals surface area contributed by atoms with Gasteiger partial charge >= 0.3 is 0 Å². The summed E-state index contributed by atoms with van der Waals surface area (Å²) in [6.07, 6.45) is 5.65. The Bertz CT molecular complexity index is 354. The molecule has 2 fully saturated rings. The molecule has 0 aromatic carbocycles. The second-order valence-corrected chi connectivity index (χ2v) is 6.99. The van der Waals surface area contributed by atoms with Crippen molar-refractivity contribution in [1.29, 1.82) is 0 Å².